The third-order valence-electron chi connectivity index (χ3n) is 1.94. The van der Waals surface area contributed by atoms with Crippen LogP contribution in [-0.4, -0.2) is 24.2 Å². The summed E-state index contributed by atoms with van der Waals surface area (Å²) in [7, 11) is 0. The summed E-state index contributed by atoms with van der Waals surface area (Å²) < 4.78 is 24.6. The van der Waals surface area contributed by atoms with E-state index in [0.29, 0.717) is 4.34 Å². The second kappa shape index (κ2) is 5.75. The van der Waals surface area contributed by atoms with E-state index in [-0.39, 0.29) is 12.6 Å². The molecule has 1 aromatic rings. The smallest absolute Gasteiger partial charge is 0.265 e. The van der Waals surface area contributed by atoms with Crippen molar-refractivity contribution in [1.82, 2.24) is 5.32 Å². The van der Waals surface area contributed by atoms with Gasteiger partial charge in [0, 0.05) is 17.5 Å². The Hall–Kier alpha value is -0.230. The quantitative estimate of drug-likeness (QED) is 0.848. The van der Waals surface area contributed by atoms with Crippen molar-refractivity contribution < 1.29 is 13.9 Å². The molecule has 1 aromatic heterocycles. The van der Waals surface area contributed by atoms with Gasteiger partial charge in [0.15, 0.2) is 0 Å². The fraction of sp³-hybridized carbons (Fsp3) is 0.556. The molecule has 86 valence electrons. The van der Waals surface area contributed by atoms with Crippen LogP contribution in [0.4, 0.5) is 8.78 Å². The summed E-state index contributed by atoms with van der Waals surface area (Å²) >= 11 is 7.13. The van der Waals surface area contributed by atoms with Gasteiger partial charge in [-0.1, -0.05) is 11.6 Å². The molecule has 0 aliphatic heterocycles. The Morgan fingerprint density at radius 1 is 1.53 bits per heavy atom. The Balaban J connectivity index is 2.39. The van der Waals surface area contributed by atoms with Crippen molar-refractivity contribution in [2.24, 2.45) is 0 Å². The zero-order valence-corrected chi connectivity index (χ0v) is 9.66. The molecule has 0 saturated heterocycles. The average molecular weight is 256 g/mol. The number of aliphatic hydroxyl groups is 1. The van der Waals surface area contributed by atoms with E-state index in [1.54, 1.807) is 6.07 Å². The molecule has 0 amide bonds. The molecular weight excluding hydrogens is 244 g/mol. The molecule has 2 N–H and O–H groups in total. The van der Waals surface area contributed by atoms with E-state index >= 15 is 0 Å². The van der Waals surface area contributed by atoms with Gasteiger partial charge in [0.2, 0.25) is 0 Å². The van der Waals surface area contributed by atoms with Gasteiger partial charge in [-0.2, -0.15) is 0 Å². The molecule has 0 saturated carbocycles. The lowest BCUT2D eigenvalue weighted by molar-refractivity contribution is -0.00434. The number of hydrogen-bond acceptors (Lipinski definition) is 3. The normalized spacial score (nSPS) is 15.6. The Bertz CT molecular complexity index is 308. The standard InChI is InChI=1S/C9H12ClF2NOS/c1-5(7-2-3-8(10)15-7)13-4-6(14)9(11)12/h2-3,5-6,9,13-14H,4H2,1H3. The average Bonchev–Trinajstić information content (AvgIpc) is 2.60. The summed E-state index contributed by atoms with van der Waals surface area (Å²) in [5.74, 6) is 0. The Morgan fingerprint density at radius 2 is 2.20 bits per heavy atom. The van der Waals surface area contributed by atoms with E-state index in [2.05, 4.69) is 5.32 Å². The first-order valence-electron chi connectivity index (χ1n) is 4.45. The van der Waals surface area contributed by atoms with Gasteiger partial charge < -0.3 is 10.4 Å². The van der Waals surface area contributed by atoms with Crippen LogP contribution in [-0.2, 0) is 0 Å². The maximum Gasteiger partial charge on any atom is 0.265 e. The van der Waals surface area contributed by atoms with Crippen LogP contribution in [0.1, 0.15) is 17.8 Å². The monoisotopic (exact) mass is 255 g/mol. The van der Waals surface area contributed by atoms with Crippen LogP contribution in [0.15, 0.2) is 12.1 Å². The molecule has 1 heterocycles. The highest BCUT2D eigenvalue weighted by Crippen LogP contribution is 2.26. The summed E-state index contributed by atoms with van der Waals surface area (Å²) in [6.45, 7) is 1.70. The molecule has 15 heavy (non-hydrogen) atoms. The molecule has 2 nitrogen and oxygen atoms in total. The molecule has 0 fully saturated rings. The minimum absolute atomic E-state index is 0.0871. The number of thiophene rings is 1. The molecule has 0 aromatic carbocycles. The molecule has 0 bridgehead atoms. The molecule has 0 aliphatic rings. The minimum atomic E-state index is -2.71. The van der Waals surface area contributed by atoms with Crippen molar-refractivity contribution in [3.63, 3.8) is 0 Å². The Morgan fingerprint density at radius 3 is 2.67 bits per heavy atom. The van der Waals surface area contributed by atoms with Crippen LogP contribution < -0.4 is 5.32 Å². The lowest BCUT2D eigenvalue weighted by Gasteiger charge is -2.15. The van der Waals surface area contributed by atoms with Crippen molar-refractivity contribution in [1.29, 1.82) is 0 Å². The molecule has 2 unspecified atom stereocenters. The fourth-order valence-electron chi connectivity index (χ4n) is 1.05. The Kier molecular flexibility index (Phi) is 4.92. The van der Waals surface area contributed by atoms with E-state index in [1.807, 2.05) is 13.0 Å². The highest BCUT2D eigenvalue weighted by molar-refractivity contribution is 7.16. The summed E-state index contributed by atoms with van der Waals surface area (Å²) in [6.07, 6.45) is -4.33. The largest absolute Gasteiger partial charge is 0.386 e. The van der Waals surface area contributed by atoms with Gasteiger partial charge >= 0.3 is 0 Å². The third-order valence-corrected chi connectivity index (χ3v) is 3.36. The number of alkyl halides is 2. The van der Waals surface area contributed by atoms with Gasteiger partial charge in [0.05, 0.1) is 4.34 Å². The molecule has 0 aliphatic carbocycles. The van der Waals surface area contributed by atoms with Crippen LogP contribution in [0.5, 0.6) is 0 Å². The summed E-state index contributed by atoms with van der Waals surface area (Å²) in [5, 5.41) is 11.7. The van der Waals surface area contributed by atoms with E-state index < -0.39 is 12.5 Å². The number of halogens is 3. The van der Waals surface area contributed by atoms with E-state index in [4.69, 9.17) is 16.7 Å². The zero-order valence-electron chi connectivity index (χ0n) is 8.08. The van der Waals surface area contributed by atoms with Crippen LogP contribution in [0.2, 0.25) is 4.34 Å². The van der Waals surface area contributed by atoms with E-state index in [9.17, 15) is 8.78 Å². The molecule has 0 spiro atoms. The minimum Gasteiger partial charge on any atom is -0.386 e. The topological polar surface area (TPSA) is 32.3 Å². The number of nitrogens with one attached hydrogen (secondary N) is 1. The van der Waals surface area contributed by atoms with Crippen molar-refractivity contribution in [3.05, 3.63) is 21.3 Å². The second-order valence-corrected chi connectivity index (χ2v) is 4.92. The molecule has 0 radical (unpaired) electrons. The lowest BCUT2D eigenvalue weighted by Crippen LogP contribution is -2.33. The molecule has 2 atom stereocenters. The summed E-state index contributed by atoms with van der Waals surface area (Å²) in [5.41, 5.74) is 0. The molecule has 1 rings (SSSR count). The lowest BCUT2D eigenvalue weighted by atomic mass is 10.2. The van der Waals surface area contributed by atoms with Crippen molar-refractivity contribution in [2.45, 2.75) is 25.5 Å². The fourth-order valence-corrected chi connectivity index (χ4v) is 2.14. The van der Waals surface area contributed by atoms with Gasteiger partial charge in [0.1, 0.15) is 6.10 Å². The summed E-state index contributed by atoms with van der Waals surface area (Å²) in [4.78, 5) is 0.960. The van der Waals surface area contributed by atoms with E-state index in [1.165, 1.54) is 11.3 Å². The first-order valence-corrected chi connectivity index (χ1v) is 5.65. The van der Waals surface area contributed by atoms with Crippen LogP contribution in [0.25, 0.3) is 0 Å². The van der Waals surface area contributed by atoms with Gasteiger partial charge in [-0.05, 0) is 19.1 Å². The van der Waals surface area contributed by atoms with Crippen LogP contribution >= 0.6 is 22.9 Å². The first-order chi connectivity index (χ1) is 7.00. The van der Waals surface area contributed by atoms with E-state index in [0.717, 1.165) is 4.88 Å². The van der Waals surface area contributed by atoms with Crippen molar-refractivity contribution in [2.75, 3.05) is 6.54 Å². The maximum absolute atomic E-state index is 12.0. The SMILES string of the molecule is CC(NCC(O)C(F)F)c1ccc(Cl)s1. The van der Waals surface area contributed by atoms with Gasteiger partial charge in [-0.15, -0.1) is 11.3 Å². The van der Waals surface area contributed by atoms with Crippen LogP contribution in [0, 0.1) is 0 Å². The summed E-state index contributed by atoms with van der Waals surface area (Å²) in [6, 6.07) is 3.50. The van der Waals surface area contributed by atoms with Gasteiger partial charge in [0.25, 0.3) is 6.43 Å². The second-order valence-electron chi connectivity index (χ2n) is 3.17. The van der Waals surface area contributed by atoms with Gasteiger partial charge in [-0.3, -0.25) is 0 Å². The van der Waals surface area contributed by atoms with Crippen molar-refractivity contribution in [3.8, 4) is 0 Å². The van der Waals surface area contributed by atoms with Gasteiger partial charge in [-0.25, -0.2) is 8.78 Å². The first kappa shape index (κ1) is 12.8. The number of hydrogen-bond donors (Lipinski definition) is 2. The maximum atomic E-state index is 12.0. The zero-order chi connectivity index (χ0) is 11.4. The number of rotatable bonds is 5. The van der Waals surface area contributed by atoms with Crippen molar-refractivity contribution >= 4 is 22.9 Å². The molecule has 6 heteroatoms. The number of aliphatic hydroxyl groups excluding tert-OH is 1. The molecular formula is C9H12ClF2NOS. The highest BCUT2D eigenvalue weighted by Gasteiger charge is 2.17. The highest BCUT2D eigenvalue weighted by atomic mass is 35.5. The predicted molar refractivity (Wildman–Crippen MR) is 57.8 cm³/mol. The predicted octanol–water partition coefficient (Wildman–Crippen LogP) is 2.68. The third kappa shape index (κ3) is 4.03. The Labute approximate surface area is 95.9 Å². The van der Waals surface area contributed by atoms with Crippen LogP contribution in [0.3, 0.4) is 0 Å².